The fourth-order valence-corrected chi connectivity index (χ4v) is 2.13. The van der Waals surface area contributed by atoms with Crippen molar-refractivity contribution in [2.24, 2.45) is 5.92 Å². The van der Waals surface area contributed by atoms with Gasteiger partial charge in [-0.1, -0.05) is 25.4 Å². The van der Waals surface area contributed by atoms with Gasteiger partial charge in [-0.25, -0.2) is 9.78 Å². The topological polar surface area (TPSA) is 65.5 Å². The van der Waals surface area contributed by atoms with E-state index in [0.29, 0.717) is 29.3 Å². The second-order valence-corrected chi connectivity index (χ2v) is 5.42. The van der Waals surface area contributed by atoms with Crippen LogP contribution in [0.25, 0.3) is 0 Å². The number of nitrogens with one attached hydrogen (secondary N) is 1. The van der Waals surface area contributed by atoms with Gasteiger partial charge in [0.15, 0.2) is 0 Å². The maximum absolute atomic E-state index is 10.8. The number of rotatable bonds is 6. The largest absolute Gasteiger partial charge is 0.478 e. The van der Waals surface area contributed by atoms with Crippen LogP contribution in [0.5, 0.6) is 0 Å². The number of hydrogen-bond acceptors (Lipinski definition) is 4. The van der Waals surface area contributed by atoms with Gasteiger partial charge >= 0.3 is 5.97 Å². The van der Waals surface area contributed by atoms with Gasteiger partial charge in [-0.2, -0.15) is 0 Å². The molecule has 0 saturated heterocycles. The highest BCUT2D eigenvalue weighted by Gasteiger charge is 2.16. The molecule has 0 amide bonds. The summed E-state index contributed by atoms with van der Waals surface area (Å²) >= 11 is 6.01. The van der Waals surface area contributed by atoms with Crippen molar-refractivity contribution in [2.45, 2.75) is 19.9 Å². The van der Waals surface area contributed by atoms with E-state index in [1.165, 1.54) is 12.3 Å². The van der Waals surface area contributed by atoms with E-state index in [2.05, 4.69) is 29.0 Å². The number of halogens is 1. The Bertz CT molecular complexity index is 442. The number of likely N-dealkylation sites (N-methyl/N-ethyl adjacent to an activating group) is 1. The third-order valence-corrected chi connectivity index (χ3v) is 3.29. The fourth-order valence-electron chi connectivity index (χ4n) is 1.90. The van der Waals surface area contributed by atoms with E-state index in [1.54, 1.807) is 0 Å². The molecular weight excluding hydrogens is 266 g/mol. The summed E-state index contributed by atoms with van der Waals surface area (Å²) in [5.41, 5.74) is 0.0866. The van der Waals surface area contributed by atoms with Crippen LogP contribution in [0.4, 0.5) is 5.82 Å². The van der Waals surface area contributed by atoms with Gasteiger partial charge in [0.05, 0.1) is 10.6 Å². The Morgan fingerprint density at radius 2 is 2.16 bits per heavy atom. The van der Waals surface area contributed by atoms with E-state index < -0.39 is 5.97 Å². The minimum absolute atomic E-state index is 0.0866. The predicted molar refractivity (Wildman–Crippen MR) is 77.0 cm³/mol. The molecule has 0 fully saturated rings. The first kappa shape index (κ1) is 15.7. The Balaban J connectivity index is 2.75. The normalized spacial score (nSPS) is 12.8. The Labute approximate surface area is 118 Å². The molecule has 2 N–H and O–H groups in total. The molecule has 1 atom stereocenters. The average Bonchev–Trinajstić information content (AvgIpc) is 2.29. The minimum Gasteiger partial charge on any atom is -0.478 e. The molecule has 1 aromatic heterocycles. The highest BCUT2D eigenvalue weighted by atomic mass is 35.5. The lowest BCUT2D eigenvalue weighted by Crippen LogP contribution is -2.38. The van der Waals surface area contributed by atoms with Crippen molar-refractivity contribution in [1.29, 1.82) is 0 Å². The molecule has 19 heavy (non-hydrogen) atoms. The first-order valence-corrected chi connectivity index (χ1v) is 6.49. The summed E-state index contributed by atoms with van der Waals surface area (Å²) in [6.07, 6.45) is 1.30. The van der Waals surface area contributed by atoms with Gasteiger partial charge < -0.3 is 15.3 Å². The Morgan fingerprint density at radius 1 is 1.53 bits per heavy atom. The summed E-state index contributed by atoms with van der Waals surface area (Å²) in [6.45, 7) is 4.99. The molecule has 5 nitrogen and oxygen atoms in total. The van der Waals surface area contributed by atoms with Crippen LogP contribution in [0.15, 0.2) is 12.3 Å². The molecule has 0 aromatic carbocycles. The molecule has 0 saturated carbocycles. The Hall–Kier alpha value is -1.33. The van der Waals surface area contributed by atoms with Crippen molar-refractivity contribution < 1.29 is 9.90 Å². The fraction of sp³-hybridized carbons (Fsp3) is 0.538. The molecule has 0 bridgehead atoms. The maximum atomic E-state index is 10.8. The maximum Gasteiger partial charge on any atom is 0.337 e. The van der Waals surface area contributed by atoms with Crippen LogP contribution in [0, 0.1) is 5.92 Å². The van der Waals surface area contributed by atoms with Crippen molar-refractivity contribution in [3.05, 3.63) is 22.8 Å². The van der Waals surface area contributed by atoms with Crippen molar-refractivity contribution in [3.8, 4) is 0 Å². The standard InChI is InChI=1S/C13H20ClN3O2/c1-8(2)11(17(3)4)7-16-12-10(14)5-9(6-15-12)13(18)19/h5-6,8,11H,7H2,1-4H3,(H,15,16)(H,18,19). The number of aromatic carboxylic acids is 1. The first-order chi connectivity index (χ1) is 8.82. The van der Waals surface area contributed by atoms with Gasteiger partial charge in [-0.05, 0) is 26.1 Å². The number of pyridine rings is 1. The molecule has 0 aliphatic rings. The van der Waals surface area contributed by atoms with Crippen LogP contribution in [0.1, 0.15) is 24.2 Å². The number of hydrogen-bond donors (Lipinski definition) is 2. The molecule has 1 unspecified atom stereocenters. The predicted octanol–water partition coefficient (Wildman–Crippen LogP) is 2.43. The van der Waals surface area contributed by atoms with Crippen molar-refractivity contribution in [3.63, 3.8) is 0 Å². The van der Waals surface area contributed by atoms with Crippen LogP contribution < -0.4 is 5.32 Å². The summed E-state index contributed by atoms with van der Waals surface area (Å²) in [5, 5.41) is 12.3. The van der Waals surface area contributed by atoms with E-state index in [4.69, 9.17) is 16.7 Å². The molecule has 0 spiro atoms. The van der Waals surface area contributed by atoms with Crippen LogP contribution in [0.2, 0.25) is 5.02 Å². The highest BCUT2D eigenvalue weighted by molar-refractivity contribution is 6.33. The molecule has 0 aliphatic carbocycles. The summed E-state index contributed by atoms with van der Waals surface area (Å²) < 4.78 is 0. The lowest BCUT2D eigenvalue weighted by Gasteiger charge is -2.28. The zero-order chi connectivity index (χ0) is 14.6. The molecule has 1 heterocycles. The van der Waals surface area contributed by atoms with E-state index in [1.807, 2.05) is 14.1 Å². The Kier molecular flexibility index (Phi) is 5.57. The summed E-state index contributed by atoms with van der Waals surface area (Å²) in [6, 6.07) is 1.75. The SMILES string of the molecule is CC(C)C(CNc1ncc(C(=O)O)cc1Cl)N(C)C. The molecule has 0 radical (unpaired) electrons. The van der Waals surface area contributed by atoms with Crippen LogP contribution >= 0.6 is 11.6 Å². The zero-order valence-electron chi connectivity index (χ0n) is 11.6. The van der Waals surface area contributed by atoms with Gasteiger partial charge in [0.2, 0.25) is 0 Å². The lowest BCUT2D eigenvalue weighted by atomic mass is 10.0. The molecule has 106 valence electrons. The molecule has 1 aromatic rings. The third-order valence-electron chi connectivity index (χ3n) is 3.00. The van der Waals surface area contributed by atoms with E-state index in [9.17, 15) is 4.79 Å². The minimum atomic E-state index is -1.03. The van der Waals surface area contributed by atoms with Crippen molar-refractivity contribution in [1.82, 2.24) is 9.88 Å². The average molecular weight is 286 g/mol. The van der Waals surface area contributed by atoms with Gasteiger partial charge in [0.1, 0.15) is 5.82 Å². The number of anilines is 1. The lowest BCUT2D eigenvalue weighted by molar-refractivity contribution is 0.0696. The summed E-state index contributed by atoms with van der Waals surface area (Å²) in [5.74, 6) is -0.0342. The van der Waals surface area contributed by atoms with Crippen molar-refractivity contribution >= 4 is 23.4 Å². The first-order valence-electron chi connectivity index (χ1n) is 6.12. The molecular formula is C13H20ClN3O2. The highest BCUT2D eigenvalue weighted by Crippen LogP contribution is 2.20. The van der Waals surface area contributed by atoms with Crippen LogP contribution in [0.3, 0.4) is 0 Å². The number of carbonyl (C=O) groups is 1. The van der Waals surface area contributed by atoms with Gasteiger partial charge in [-0.15, -0.1) is 0 Å². The van der Waals surface area contributed by atoms with Crippen LogP contribution in [-0.2, 0) is 0 Å². The second kappa shape index (κ2) is 6.73. The van der Waals surface area contributed by atoms with E-state index in [0.717, 1.165) is 0 Å². The van der Waals surface area contributed by atoms with Gasteiger partial charge in [-0.3, -0.25) is 0 Å². The molecule has 6 heteroatoms. The van der Waals surface area contributed by atoms with Gasteiger partial charge in [0, 0.05) is 18.8 Å². The van der Waals surface area contributed by atoms with Gasteiger partial charge in [0.25, 0.3) is 0 Å². The summed E-state index contributed by atoms with van der Waals surface area (Å²) in [7, 11) is 4.05. The number of carboxylic acid groups (broad SMARTS) is 1. The quantitative estimate of drug-likeness (QED) is 0.840. The number of aromatic nitrogens is 1. The number of nitrogens with zero attached hydrogens (tertiary/aromatic N) is 2. The molecule has 1 rings (SSSR count). The smallest absolute Gasteiger partial charge is 0.337 e. The third kappa shape index (κ3) is 4.36. The van der Waals surface area contributed by atoms with Crippen molar-refractivity contribution in [2.75, 3.05) is 26.0 Å². The zero-order valence-corrected chi connectivity index (χ0v) is 12.4. The van der Waals surface area contributed by atoms with E-state index in [-0.39, 0.29) is 5.56 Å². The monoisotopic (exact) mass is 285 g/mol. The number of carboxylic acids is 1. The van der Waals surface area contributed by atoms with E-state index >= 15 is 0 Å². The second-order valence-electron chi connectivity index (χ2n) is 5.02. The summed E-state index contributed by atoms with van der Waals surface area (Å²) in [4.78, 5) is 17.0. The van der Waals surface area contributed by atoms with Crippen LogP contribution in [-0.4, -0.2) is 47.6 Å². The molecule has 0 aliphatic heterocycles. The Morgan fingerprint density at radius 3 is 2.58 bits per heavy atom.